The molecule has 0 radical (unpaired) electrons. The average Bonchev–Trinajstić information content (AvgIpc) is 2.47. The van der Waals surface area contributed by atoms with E-state index in [0.29, 0.717) is 6.04 Å². The largest absolute Gasteiger partial charge is 0.250 e. The van der Waals surface area contributed by atoms with E-state index in [2.05, 4.69) is 87.1 Å². The second kappa shape index (κ2) is 10.1. The molecule has 3 heteroatoms. The van der Waals surface area contributed by atoms with Crippen molar-refractivity contribution >= 4 is 8.07 Å². The second-order valence-corrected chi connectivity index (χ2v) is 12.8. The van der Waals surface area contributed by atoms with Gasteiger partial charge in [0.25, 0.3) is 0 Å². The molecule has 0 aromatic heterocycles. The standard InChI is InChI=1S/C20H36N2Si/c1-7-8-9-11-16-19(17-23(4,5)6)20(21-22(2)3)18-14-12-10-13-15-18/h10,12-15,17,20-21H,7-9,11,16H2,1-6H3/b19-17+. The third-order valence-corrected chi connectivity index (χ3v) is 5.07. The lowest BCUT2D eigenvalue weighted by molar-refractivity contribution is 0.257. The minimum Gasteiger partial charge on any atom is -0.250 e. The summed E-state index contributed by atoms with van der Waals surface area (Å²) >= 11 is 0. The highest BCUT2D eigenvalue weighted by molar-refractivity contribution is 6.81. The van der Waals surface area contributed by atoms with Gasteiger partial charge in [0.05, 0.1) is 14.1 Å². The Labute approximate surface area is 145 Å². The number of rotatable bonds is 10. The molecule has 0 aliphatic rings. The predicted octanol–water partition coefficient (Wildman–Crippen LogP) is 5.57. The first-order chi connectivity index (χ1) is 10.8. The fourth-order valence-electron chi connectivity index (χ4n) is 2.89. The van der Waals surface area contributed by atoms with Gasteiger partial charge in [-0.15, -0.1) is 0 Å². The molecular weight excluding hydrogens is 296 g/mol. The number of unbranched alkanes of at least 4 members (excludes halogenated alkanes) is 3. The molecule has 0 spiro atoms. The van der Waals surface area contributed by atoms with Gasteiger partial charge in [0, 0.05) is 14.1 Å². The van der Waals surface area contributed by atoms with Crippen LogP contribution in [0, 0.1) is 0 Å². The van der Waals surface area contributed by atoms with Crippen LogP contribution in [0.25, 0.3) is 0 Å². The van der Waals surface area contributed by atoms with Crippen LogP contribution in [0.1, 0.15) is 50.6 Å². The van der Waals surface area contributed by atoms with Gasteiger partial charge in [-0.2, -0.15) is 0 Å². The monoisotopic (exact) mass is 332 g/mol. The Balaban J connectivity index is 3.03. The van der Waals surface area contributed by atoms with Gasteiger partial charge in [0.1, 0.15) is 0 Å². The van der Waals surface area contributed by atoms with Gasteiger partial charge >= 0.3 is 0 Å². The summed E-state index contributed by atoms with van der Waals surface area (Å²) in [6.45, 7) is 9.56. The number of benzene rings is 1. The summed E-state index contributed by atoms with van der Waals surface area (Å²) in [4.78, 5) is 0. The average molecular weight is 333 g/mol. The molecule has 1 aromatic rings. The van der Waals surface area contributed by atoms with E-state index in [4.69, 9.17) is 0 Å². The van der Waals surface area contributed by atoms with Crippen molar-refractivity contribution in [3.63, 3.8) is 0 Å². The van der Waals surface area contributed by atoms with Gasteiger partial charge in [0.2, 0.25) is 0 Å². The van der Waals surface area contributed by atoms with Crippen molar-refractivity contribution in [3.05, 3.63) is 47.2 Å². The van der Waals surface area contributed by atoms with E-state index in [0.717, 1.165) is 0 Å². The highest BCUT2D eigenvalue weighted by atomic mass is 28.3. The molecular formula is C20H36N2Si. The molecule has 1 atom stereocenters. The molecule has 1 rings (SSSR count). The van der Waals surface area contributed by atoms with Gasteiger partial charge in [-0.3, -0.25) is 0 Å². The van der Waals surface area contributed by atoms with E-state index in [1.807, 2.05) is 0 Å². The topological polar surface area (TPSA) is 15.3 Å². The minimum atomic E-state index is -1.26. The molecule has 1 unspecified atom stereocenters. The quantitative estimate of drug-likeness (QED) is 0.342. The molecule has 0 fully saturated rings. The van der Waals surface area contributed by atoms with Crippen LogP contribution in [-0.2, 0) is 0 Å². The maximum Gasteiger partial charge on any atom is 0.0687 e. The fraction of sp³-hybridized carbons (Fsp3) is 0.600. The molecule has 23 heavy (non-hydrogen) atoms. The summed E-state index contributed by atoms with van der Waals surface area (Å²) in [6.07, 6.45) is 6.47. The van der Waals surface area contributed by atoms with Crippen molar-refractivity contribution in [1.82, 2.24) is 10.4 Å². The van der Waals surface area contributed by atoms with E-state index in [9.17, 15) is 0 Å². The first-order valence-corrected chi connectivity index (χ1v) is 12.6. The molecule has 1 aromatic carbocycles. The zero-order chi connectivity index (χ0) is 17.3. The van der Waals surface area contributed by atoms with Crippen molar-refractivity contribution < 1.29 is 0 Å². The van der Waals surface area contributed by atoms with E-state index >= 15 is 0 Å². The predicted molar refractivity (Wildman–Crippen MR) is 106 cm³/mol. The van der Waals surface area contributed by atoms with Gasteiger partial charge < -0.3 is 0 Å². The molecule has 0 saturated carbocycles. The van der Waals surface area contributed by atoms with Gasteiger partial charge in [0.15, 0.2) is 0 Å². The third kappa shape index (κ3) is 8.49. The number of nitrogens with one attached hydrogen (secondary N) is 1. The second-order valence-electron chi connectivity index (χ2n) is 7.76. The summed E-state index contributed by atoms with van der Waals surface area (Å²) in [5.41, 5.74) is 9.18. The van der Waals surface area contributed by atoms with E-state index in [1.54, 1.807) is 5.57 Å². The maximum absolute atomic E-state index is 3.65. The number of hydrazine groups is 1. The lowest BCUT2D eigenvalue weighted by atomic mass is 9.96. The third-order valence-electron chi connectivity index (χ3n) is 3.83. The summed E-state index contributed by atoms with van der Waals surface area (Å²) in [5.74, 6) is 0. The van der Waals surface area contributed by atoms with Crippen LogP contribution in [0.15, 0.2) is 41.6 Å². The zero-order valence-electron chi connectivity index (χ0n) is 16.0. The van der Waals surface area contributed by atoms with E-state index in [-0.39, 0.29) is 0 Å². The number of hydrogen-bond acceptors (Lipinski definition) is 2. The Morgan fingerprint density at radius 2 is 1.74 bits per heavy atom. The number of nitrogens with zero attached hydrogens (tertiary/aromatic N) is 1. The molecule has 0 heterocycles. The summed E-state index contributed by atoms with van der Waals surface area (Å²) < 4.78 is 0. The fourth-order valence-corrected chi connectivity index (χ4v) is 4.31. The summed E-state index contributed by atoms with van der Waals surface area (Å²) in [7, 11) is 2.91. The number of hydrogen-bond donors (Lipinski definition) is 1. The maximum atomic E-state index is 3.65. The van der Waals surface area contributed by atoms with Gasteiger partial charge in [-0.1, -0.05) is 87.4 Å². The van der Waals surface area contributed by atoms with Crippen LogP contribution >= 0.6 is 0 Å². The van der Waals surface area contributed by atoms with E-state index in [1.165, 1.54) is 37.7 Å². The highest BCUT2D eigenvalue weighted by Gasteiger charge is 2.20. The Hall–Kier alpha value is -0.903. The highest BCUT2D eigenvalue weighted by Crippen LogP contribution is 2.28. The van der Waals surface area contributed by atoms with Gasteiger partial charge in [-0.25, -0.2) is 10.4 Å². The molecule has 0 amide bonds. The summed E-state index contributed by atoms with van der Waals surface area (Å²) in [6, 6.07) is 11.2. The first-order valence-electron chi connectivity index (χ1n) is 9.03. The van der Waals surface area contributed by atoms with Gasteiger partial charge in [-0.05, 0) is 18.4 Å². The lowest BCUT2D eigenvalue weighted by Crippen LogP contribution is -2.36. The van der Waals surface area contributed by atoms with Crippen LogP contribution < -0.4 is 5.43 Å². The van der Waals surface area contributed by atoms with Crippen LogP contribution in [-0.4, -0.2) is 27.2 Å². The zero-order valence-corrected chi connectivity index (χ0v) is 17.0. The van der Waals surface area contributed by atoms with Crippen LogP contribution in [0.3, 0.4) is 0 Å². The van der Waals surface area contributed by atoms with Crippen LogP contribution in [0.5, 0.6) is 0 Å². The Morgan fingerprint density at radius 1 is 1.09 bits per heavy atom. The normalized spacial score (nSPS) is 14.3. The van der Waals surface area contributed by atoms with Crippen molar-refractivity contribution in [2.24, 2.45) is 0 Å². The SMILES string of the molecule is CCCCCC/C(=C\[Si](C)(C)C)C(NN(C)C)c1ccccc1. The smallest absolute Gasteiger partial charge is 0.0687 e. The molecule has 130 valence electrons. The molecule has 0 saturated heterocycles. The lowest BCUT2D eigenvalue weighted by Gasteiger charge is -2.28. The van der Waals surface area contributed by atoms with Crippen molar-refractivity contribution in [2.75, 3.05) is 14.1 Å². The molecule has 2 nitrogen and oxygen atoms in total. The molecule has 0 aliphatic carbocycles. The molecule has 0 aliphatic heterocycles. The van der Waals surface area contributed by atoms with Crippen molar-refractivity contribution in [2.45, 2.75) is 64.7 Å². The minimum absolute atomic E-state index is 0.291. The first kappa shape index (κ1) is 20.1. The van der Waals surface area contributed by atoms with Crippen molar-refractivity contribution in [3.8, 4) is 0 Å². The Kier molecular flexibility index (Phi) is 8.81. The van der Waals surface area contributed by atoms with Crippen LogP contribution in [0.4, 0.5) is 0 Å². The van der Waals surface area contributed by atoms with E-state index < -0.39 is 8.07 Å². The molecule has 0 bridgehead atoms. The van der Waals surface area contributed by atoms with Crippen LogP contribution in [0.2, 0.25) is 19.6 Å². The Morgan fingerprint density at radius 3 is 2.26 bits per heavy atom. The summed E-state index contributed by atoms with van der Waals surface area (Å²) in [5, 5.41) is 2.09. The molecule has 1 N–H and O–H groups in total. The van der Waals surface area contributed by atoms with Crippen molar-refractivity contribution in [1.29, 1.82) is 0 Å². The Bertz CT molecular complexity index is 460.